The number of ether oxygens (including phenoxy) is 1. The first kappa shape index (κ1) is 21.0. The van der Waals surface area contributed by atoms with Crippen LogP contribution in [0.3, 0.4) is 0 Å². The van der Waals surface area contributed by atoms with Crippen molar-refractivity contribution in [2.75, 3.05) is 82.8 Å². The van der Waals surface area contributed by atoms with Gasteiger partial charge in [0.1, 0.15) is 5.82 Å². The lowest BCUT2D eigenvalue weighted by Crippen LogP contribution is -2.44. The highest BCUT2D eigenvalue weighted by molar-refractivity contribution is 5.62. The third kappa shape index (κ3) is 5.68. The number of likely N-dealkylation sites (N-methyl/N-ethyl adjacent to an activating group) is 1. The zero-order valence-corrected chi connectivity index (χ0v) is 18.3. The number of hydrogen-bond donors (Lipinski definition) is 1. The van der Waals surface area contributed by atoms with Crippen LogP contribution in [0.15, 0.2) is 30.3 Å². The number of hydrogen-bond acceptors (Lipinski definition) is 7. The molecule has 0 saturated carbocycles. The highest BCUT2D eigenvalue weighted by Gasteiger charge is 2.15. The second-order valence-corrected chi connectivity index (χ2v) is 8.29. The highest BCUT2D eigenvalue weighted by Crippen LogP contribution is 2.23. The van der Waals surface area contributed by atoms with Crippen LogP contribution in [-0.2, 0) is 4.74 Å². The first-order valence-electron chi connectivity index (χ1n) is 11.1. The smallest absolute Gasteiger partial charge is 0.161 e. The van der Waals surface area contributed by atoms with E-state index in [0.717, 1.165) is 94.9 Å². The molecule has 2 aromatic rings. The normalized spacial score (nSPS) is 18.5. The monoisotopic (exact) mass is 410 g/mol. The van der Waals surface area contributed by atoms with E-state index in [1.54, 1.807) is 0 Å². The van der Waals surface area contributed by atoms with Crippen molar-refractivity contribution in [1.82, 2.24) is 19.8 Å². The second-order valence-electron chi connectivity index (χ2n) is 8.29. The number of morpholine rings is 1. The molecule has 162 valence electrons. The maximum Gasteiger partial charge on any atom is 0.161 e. The van der Waals surface area contributed by atoms with E-state index in [1.807, 2.05) is 13.0 Å². The minimum absolute atomic E-state index is 0.788. The Kier molecular flexibility index (Phi) is 7.15. The van der Waals surface area contributed by atoms with Gasteiger partial charge < -0.3 is 19.9 Å². The number of anilines is 2. The molecule has 7 heteroatoms. The van der Waals surface area contributed by atoms with Gasteiger partial charge in [-0.3, -0.25) is 4.90 Å². The van der Waals surface area contributed by atoms with E-state index in [9.17, 15) is 0 Å². The molecule has 0 radical (unpaired) electrons. The quantitative estimate of drug-likeness (QED) is 0.703. The zero-order chi connectivity index (χ0) is 20.8. The van der Waals surface area contributed by atoms with E-state index in [-0.39, 0.29) is 0 Å². The summed E-state index contributed by atoms with van der Waals surface area (Å²) in [6, 6.07) is 10.7. The summed E-state index contributed by atoms with van der Waals surface area (Å²) in [4.78, 5) is 16.7. The van der Waals surface area contributed by atoms with Crippen LogP contribution in [0.25, 0.3) is 11.4 Å². The van der Waals surface area contributed by atoms with Crippen LogP contribution in [0.1, 0.15) is 12.1 Å². The van der Waals surface area contributed by atoms with Crippen LogP contribution < -0.4 is 10.2 Å². The summed E-state index contributed by atoms with van der Waals surface area (Å²) in [6.45, 7) is 12.2. The van der Waals surface area contributed by atoms with Crippen LogP contribution in [0, 0.1) is 6.92 Å². The first-order valence-corrected chi connectivity index (χ1v) is 11.1. The van der Waals surface area contributed by atoms with E-state index in [1.165, 1.54) is 5.69 Å². The predicted molar refractivity (Wildman–Crippen MR) is 122 cm³/mol. The lowest BCUT2D eigenvalue weighted by molar-refractivity contribution is 0.0378. The third-order valence-corrected chi connectivity index (χ3v) is 5.91. The maximum atomic E-state index is 5.41. The van der Waals surface area contributed by atoms with Gasteiger partial charge in [-0.15, -0.1) is 0 Å². The summed E-state index contributed by atoms with van der Waals surface area (Å²) in [6.07, 6.45) is 1.10. The average molecular weight is 411 g/mol. The van der Waals surface area contributed by atoms with Gasteiger partial charge in [0.15, 0.2) is 5.82 Å². The van der Waals surface area contributed by atoms with Gasteiger partial charge in [0.2, 0.25) is 0 Å². The molecule has 4 rings (SSSR count). The molecule has 2 aliphatic rings. The van der Waals surface area contributed by atoms with Gasteiger partial charge in [-0.05, 0) is 51.2 Å². The molecule has 2 aliphatic heterocycles. The molecule has 1 aromatic carbocycles. The van der Waals surface area contributed by atoms with Gasteiger partial charge >= 0.3 is 0 Å². The van der Waals surface area contributed by atoms with Crippen LogP contribution in [0.4, 0.5) is 11.5 Å². The number of nitrogens with zero attached hydrogens (tertiary/aromatic N) is 5. The van der Waals surface area contributed by atoms with E-state index in [4.69, 9.17) is 9.72 Å². The molecule has 1 N–H and O–H groups in total. The molecule has 0 atom stereocenters. The summed E-state index contributed by atoms with van der Waals surface area (Å²) < 4.78 is 5.41. The first-order chi connectivity index (χ1) is 14.7. The molecule has 30 heavy (non-hydrogen) atoms. The molecule has 2 saturated heterocycles. The minimum Gasteiger partial charge on any atom is -0.379 e. The van der Waals surface area contributed by atoms with Gasteiger partial charge in [0.25, 0.3) is 0 Å². The van der Waals surface area contributed by atoms with E-state index in [2.05, 4.69) is 56.3 Å². The molecule has 0 amide bonds. The van der Waals surface area contributed by atoms with Crippen LogP contribution in [0.2, 0.25) is 0 Å². The average Bonchev–Trinajstić information content (AvgIpc) is 2.78. The highest BCUT2D eigenvalue weighted by atomic mass is 16.5. The Bertz CT molecular complexity index is 798. The molecule has 2 fully saturated rings. The third-order valence-electron chi connectivity index (χ3n) is 5.91. The van der Waals surface area contributed by atoms with Gasteiger partial charge in [0, 0.05) is 68.8 Å². The van der Waals surface area contributed by atoms with E-state index in [0.29, 0.717) is 0 Å². The Balaban J connectivity index is 1.34. The van der Waals surface area contributed by atoms with Crippen LogP contribution in [-0.4, -0.2) is 92.4 Å². The van der Waals surface area contributed by atoms with Crippen molar-refractivity contribution < 1.29 is 4.74 Å². The van der Waals surface area contributed by atoms with Crippen molar-refractivity contribution in [2.45, 2.75) is 13.3 Å². The van der Waals surface area contributed by atoms with E-state index >= 15 is 0 Å². The number of aryl methyl sites for hydroxylation is 1. The van der Waals surface area contributed by atoms with E-state index < -0.39 is 0 Å². The van der Waals surface area contributed by atoms with Crippen molar-refractivity contribution in [3.05, 3.63) is 36.0 Å². The zero-order valence-electron chi connectivity index (χ0n) is 18.3. The predicted octanol–water partition coefficient (Wildman–Crippen LogP) is 2.34. The molecule has 3 heterocycles. The van der Waals surface area contributed by atoms with Gasteiger partial charge in [-0.2, -0.15) is 0 Å². The van der Waals surface area contributed by atoms with Crippen LogP contribution >= 0.6 is 0 Å². The largest absolute Gasteiger partial charge is 0.379 e. The fraction of sp³-hybridized carbons (Fsp3) is 0.565. The van der Waals surface area contributed by atoms with Crippen LogP contribution in [0.5, 0.6) is 0 Å². The summed E-state index contributed by atoms with van der Waals surface area (Å²) in [5.41, 5.74) is 3.33. The summed E-state index contributed by atoms with van der Waals surface area (Å²) in [5, 5.41) is 3.48. The maximum absolute atomic E-state index is 5.41. The van der Waals surface area contributed by atoms with Gasteiger partial charge in [-0.1, -0.05) is 0 Å². The standard InChI is InChI=1S/C23H34N6O/c1-19-18-22(24-8-3-9-28-14-16-30-17-15-28)26-23(25-19)20-4-6-21(7-5-20)29-12-10-27(2)11-13-29/h4-7,18H,3,8-17H2,1-2H3,(H,24,25,26). The number of rotatable bonds is 7. The lowest BCUT2D eigenvalue weighted by Gasteiger charge is -2.34. The number of benzene rings is 1. The Morgan fingerprint density at radius 3 is 2.43 bits per heavy atom. The van der Waals surface area contributed by atoms with Crippen molar-refractivity contribution in [1.29, 1.82) is 0 Å². The van der Waals surface area contributed by atoms with Crippen molar-refractivity contribution in [3.63, 3.8) is 0 Å². The number of nitrogens with one attached hydrogen (secondary N) is 1. The van der Waals surface area contributed by atoms with Crippen molar-refractivity contribution in [3.8, 4) is 11.4 Å². The molecular weight excluding hydrogens is 376 g/mol. The molecule has 7 nitrogen and oxygen atoms in total. The van der Waals surface area contributed by atoms with Crippen molar-refractivity contribution >= 4 is 11.5 Å². The Morgan fingerprint density at radius 1 is 0.967 bits per heavy atom. The van der Waals surface area contributed by atoms with Gasteiger partial charge in [0.05, 0.1) is 13.2 Å². The number of piperazine rings is 1. The topological polar surface area (TPSA) is 56.8 Å². The summed E-state index contributed by atoms with van der Waals surface area (Å²) in [5.74, 6) is 1.69. The van der Waals surface area contributed by atoms with Gasteiger partial charge in [-0.25, -0.2) is 9.97 Å². The summed E-state index contributed by atoms with van der Waals surface area (Å²) >= 11 is 0. The number of aromatic nitrogens is 2. The summed E-state index contributed by atoms with van der Waals surface area (Å²) in [7, 11) is 2.18. The molecule has 0 spiro atoms. The fourth-order valence-corrected chi connectivity index (χ4v) is 4.02. The Hall–Kier alpha value is -2.22. The Labute approximate surface area is 180 Å². The SMILES string of the molecule is Cc1cc(NCCCN2CCOCC2)nc(-c2ccc(N3CCN(C)CC3)cc2)n1. The Morgan fingerprint density at radius 2 is 1.70 bits per heavy atom. The molecule has 0 unspecified atom stereocenters. The van der Waals surface area contributed by atoms with Crippen molar-refractivity contribution in [2.24, 2.45) is 0 Å². The second kappa shape index (κ2) is 10.2. The molecule has 0 bridgehead atoms. The molecular formula is C23H34N6O. The lowest BCUT2D eigenvalue weighted by atomic mass is 10.1. The molecule has 0 aliphatic carbocycles. The minimum atomic E-state index is 0.788. The molecule has 1 aromatic heterocycles. The fourth-order valence-electron chi connectivity index (χ4n) is 4.02.